The normalized spacial score (nSPS) is 12.9. The van der Waals surface area contributed by atoms with E-state index in [1.165, 1.54) is 23.9 Å². The van der Waals surface area contributed by atoms with Crippen LogP contribution in [0, 0.1) is 0 Å². The van der Waals surface area contributed by atoms with Gasteiger partial charge in [0.05, 0.1) is 0 Å². The van der Waals surface area contributed by atoms with Gasteiger partial charge in [0.15, 0.2) is 0 Å². The molecule has 0 saturated heterocycles. The molecule has 8 heteroatoms. The van der Waals surface area contributed by atoms with Crippen molar-refractivity contribution in [3.8, 4) is 0 Å². The maximum absolute atomic E-state index is 12.3. The van der Waals surface area contributed by atoms with E-state index < -0.39 is 21.0 Å². The molecule has 0 bridgehead atoms. The van der Waals surface area contributed by atoms with Crippen LogP contribution >= 0.6 is 11.6 Å². The molecule has 0 aliphatic heterocycles. The second-order valence-electron chi connectivity index (χ2n) is 4.85. The van der Waals surface area contributed by atoms with E-state index >= 15 is 0 Å². The number of aryl methyl sites for hydroxylation is 1. The number of nitrogens with zero attached hydrogens (tertiary/aromatic N) is 2. The van der Waals surface area contributed by atoms with Crippen LogP contribution in [0.2, 0.25) is 5.02 Å². The summed E-state index contributed by atoms with van der Waals surface area (Å²) in [5.41, 5.74) is 0.833. The minimum absolute atomic E-state index is 0.123. The smallest absolute Gasteiger partial charge is 0.238 e. The lowest BCUT2D eigenvalue weighted by molar-refractivity contribution is -0.120. The number of nitrogens with one attached hydrogen (secondary N) is 1. The fraction of sp³-hybridized carbons (Fsp3) is 0.286. The van der Waals surface area contributed by atoms with Crippen LogP contribution in [0.1, 0.15) is 12.5 Å². The number of sulfone groups is 1. The second-order valence-corrected chi connectivity index (χ2v) is 7.45. The molecular formula is C14H16ClN3O3S. The van der Waals surface area contributed by atoms with Crippen molar-refractivity contribution in [2.75, 3.05) is 0 Å². The molecule has 1 aromatic heterocycles. The number of hydrogen-bond acceptors (Lipinski definition) is 4. The molecule has 22 heavy (non-hydrogen) atoms. The molecule has 1 aromatic carbocycles. The molecule has 0 radical (unpaired) electrons. The van der Waals surface area contributed by atoms with Gasteiger partial charge in [0.2, 0.25) is 20.9 Å². The van der Waals surface area contributed by atoms with Gasteiger partial charge >= 0.3 is 0 Å². The Hall–Kier alpha value is -1.86. The van der Waals surface area contributed by atoms with Crippen LogP contribution in [0.15, 0.2) is 41.8 Å². The van der Waals surface area contributed by atoms with Gasteiger partial charge < -0.3 is 9.88 Å². The molecule has 6 nitrogen and oxygen atoms in total. The lowest BCUT2D eigenvalue weighted by Gasteiger charge is -2.13. The molecule has 0 saturated carbocycles. The molecule has 2 aromatic rings. The second kappa shape index (κ2) is 6.50. The summed E-state index contributed by atoms with van der Waals surface area (Å²) in [6.45, 7) is 1.58. The number of hydrogen-bond donors (Lipinski definition) is 1. The summed E-state index contributed by atoms with van der Waals surface area (Å²) in [4.78, 5) is 15.9. The molecule has 0 aliphatic carbocycles. The van der Waals surface area contributed by atoms with Crippen LogP contribution in [0.5, 0.6) is 0 Å². The van der Waals surface area contributed by atoms with Crippen LogP contribution in [-0.4, -0.2) is 29.1 Å². The van der Waals surface area contributed by atoms with Crippen LogP contribution < -0.4 is 5.32 Å². The van der Waals surface area contributed by atoms with Gasteiger partial charge in [0.25, 0.3) is 0 Å². The van der Waals surface area contributed by atoms with E-state index in [9.17, 15) is 13.2 Å². The van der Waals surface area contributed by atoms with Crippen molar-refractivity contribution in [1.82, 2.24) is 14.9 Å². The number of amides is 1. The third kappa shape index (κ3) is 3.48. The van der Waals surface area contributed by atoms with Crippen LogP contribution in [0.4, 0.5) is 0 Å². The molecule has 0 spiro atoms. The van der Waals surface area contributed by atoms with Crippen molar-refractivity contribution >= 4 is 27.3 Å². The number of halogens is 1. The number of carbonyl (C=O) groups is 1. The highest BCUT2D eigenvalue weighted by Gasteiger charge is 2.32. The molecule has 1 N–H and O–H groups in total. The van der Waals surface area contributed by atoms with E-state index in [2.05, 4.69) is 10.3 Å². The Morgan fingerprint density at radius 1 is 1.36 bits per heavy atom. The zero-order chi connectivity index (χ0) is 16.3. The minimum atomic E-state index is -3.82. The van der Waals surface area contributed by atoms with Crippen LogP contribution in [0.3, 0.4) is 0 Å². The summed E-state index contributed by atoms with van der Waals surface area (Å²) in [6, 6.07) is 6.94. The number of aromatic nitrogens is 2. The minimum Gasteiger partial charge on any atom is -0.351 e. The highest BCUT2D eigenvalue weighted by atomic mass is 35.5. The van der Waals surface area contributed by atoms with E-state index in [0.717, 1.165) is 5.56 Å². The van der Waals surface area contributed by atoms with Gasteiger partial charge in [-0.05, 0) is 24.6 Å². The van der Waals surface area contributed by atoms with Gasteiger partial charge in [-0.15, -0.1) is 0 Å². The van der Waals surface area contributed by atoms with Crippen molar-refractivity contribution in [2.45, 2.75) is 23.9 Å². The Kier molecular flexibility index (Phi) is 4.87. The number of carbonyl (C=O) groups excluding carboxylic acids is 1. The average molecular weight is 342 g/mol. The molecule has 0 fully saturated rings. The van der Waals surface area contributed by atoms with E-state index in [-0.39, 0.29) is 11.7 Å². The maximum atomic E-state index is 12.3. The quantitative estimate of drug-likeness (QED) is 0.894. The first kappa shape index (κ1) is 16.5. The third-order valence-electron chi connectivity index (χ3n) is 3.25. The zero-order valence-electron chi connectivity index (χ0n) is 12.2. The van der Waals surface area contributed by atoms with Crippen molar-refractivity contribution in [2.24, 2.45) is 7.05 Å². The largest absolute Gasteiger partial charge is 0.351 e. The van der Waals surface area contributed by atoms with Crippen molar-refractivity contribution < 1.29 is 13.2 Å². The molecule has 0 unspecified atom stereocenters. The maximum Gasteiger partial charge on any atom is 0.238 e. The van der Waals surface area contributed by atoms with Gasteiger partial charge in [-0.3, -0.25) is 4.79 Å². The first-order valence-electron chi connectivity index (χ1n) is 6.55. The number of rotatable bonds is 5. The fourth-order valence-corrected chi connectivity index (χ4v) is 3.34. The molecule has 1 heterocycles. The molecular weight excluding hydrogens is 326 g/mol. The zero-order valence-corrected chi connectivity index (χ0v) is 13.7. The summed E-state index contributed by atoms with van der Waals surface area (Å²) < 4.78 is 26.1. The Morgan fingerprint density at radius 3 is 2.55 bits per heavy atom. The van der Waals surface area contributed by atoms with Gasteiger partial charge in [0, 0.05) is 31.0 Å². The highest BCUT2D eigenvalue weighted by Crippen LogP contribution is 2.14. The van der Waals surface area contributed by atoms with Crippen molar-refractivity contribution in [1.29, 1.82) is 0 Å². The molecule has 118 valence electrons. The molecule has 1 atom stereocenters. The Balaban J connectivity index is 2.06. The van der Waals surface area contributed by atoms with Crippen LogP contribution in [0.25, 0.3) is 0 Å². The van der Waals surface area contributed by atoms with Gasteiger partial charge in [0.1, 0.15) is 5.25 Å². The summed E-state index contributed by atoms with van der Waals surface area (Å²) in [5, 5.41) is 1.86. The number of benzene rings is 1. The predicted octanol–water partition coefficient (Wildman–Crippen LogP) is 1.55. The molecule has 2 rings (SSSR count). The Bertz CT molecular complexity index is 769. The summed E-state index contributed by atoms with van der Waals surface area (Å²) in [6.07, 6.45) is 2.90. The van der Waals surface area contributed by atoms with Crippen molar-refractivity contribution in [3.05, 3.63) is 47.2 Å². The summed E-state index contributed by atoms with van der Waals surface area (Å²) in [5.74, 6) is -0.571. The Morgan fingerprint density at radius 2 is 2.00 bits per heavy atom. The summed E-state index contributed by atoms with van der Waals surface area (Å²) in [7, 11) is -2.25. The van der Waals surface area contributed by atoms with E-state index in [0.29, 0.717) is 5.02 Å². The van der Waals surface area contributed by atoms with E-state index in [1.807, 2.05) is 0 Å². The monoisotopic (exact) mass is 341 g/mol. The standard InChI is InChI=1S/C14H16ClN3O3S/c1-10(22(20,21)14-16-7-8-18(14)2)13(19)17-9-11-3-5-12(15)6-4-11/h3-8,10H,9H2,1-2H3,(H,17,19)/t10-/m0/s1. The third-order valence-corrected chi connectivity index (χ3v) is 5.55. The lowest BCUT2D eigenvalue weighted by Crippen LogP contribution is -2.38. The topological polar surface area (TPSA) is 81.1 Å². The molecule has 1 amide bonds. The van der Waals surface area contributed by atoms with Crippen LogP contribution in [-0.2, 0) is 28.2 Å². The SMILES string of the molecule is C[C@@H](C(=O)NCc1ccc(Cl)cc1)S(=O)(=O)c1nccn1C. The Labute approximate surface area is 134 Å². The number of imidazole rings is 1. The highest BCUT2D eigenvalue weighted by molar-refractivity contribution is 7.92. The fourth-order valence-electron chi connectivity index (χ4n) is 1.86. The van der Waals surface area contributed by atoms with Gasteiger partial charge in [-0.25, -0.2) is 13.4 Å². The van der Waals surface area contributed by atoms with Crippen molar-refractivity contribution in [3.63, 3.8) is 0 Å². The first-order valence-corrected chi connectivity index (χ1v) is 8.48. The van der Waals surface area contributed by atoms with E-state index in [4.69, 9.17) is 11.6 Å². The lowest BCUT2D eigenvalue weighted by atomic mass is 10.2. The summed E-state index contributed by atoms with van der Waals surface area (Å²) >= 11 is 5.78. The predicted molar refractivity (Wildman–Crippen MR) is 83.2 cm³/mol. The van der Waals surface area contributed by atoms with Gasteiger partial charge in [-0.2, -0.15) is 0 Å². The average Bonchev–Trinajstić information content (AvgIpc) is 2.92. The van der Waals surface area contributed by atoms with Gasteiger partial charge in [-0.1, -0.05) is 23.7 Å². The van der Waals surface area contributed by atoms with E-state index in [1.54, 1.807) is 31.3 Å². The molecule has 0 aliphatic rings. The first-order chi connectivity index (χ1) is 10.3.